The van der Waals surface area contributed by atoms with Crippen molar-refractivity contribution in [1.29, 1.82) is 0 Å². The number of piperidine rings is 1. The number of nitrogens with one attached hydrogen (secondary N) is 2. The van der Waals surface area contributed by atoms with Gasteiger partial charge in [-0.3, -0.25) is 0 Å². The summed E-state index contributed by atoms with van der Waals surface area (Å²) < 4.78 is 0. The number of imidazole rings is 1. The molecular formula is C20H22ClN3. The van der Waals surface area contributed by atoms with Gasteiger partial charge in [-0.15, -0.1) is 12.4 Å². The summed E-state index contributed by atoms with van der Waals surface area (Å²) in [5.74, 6) is 1.70. The summed E-state index contributed by atoms with van der Waals surface area (Å²) in [5.41, 5.74) is 4.69. The maximum absolute atomic E-state index is 4.82. The van der Waals surface area contributed by atoms with E-state index >= 15 is 0 Å². The maximum atomic E-state index is 4.82. The monoisotopic (exact) mass is 339 g/mol. The Hall–Kier alpha value is -2.10. The van der Waals surface area contributed by atoms with E-state index < -0.39 is 0 Å². The predicted octanol–water partition coefficient (Wildman–Crippen LogP) is 4.63. The molecule has 124 valence electrons. The van der Waals surface area contributed by atoms with Crippen LogP contribution in [0.25, 0.3) is 22.4 Å². The van der Waals surface area contributed by atoms with Crippen LogP contribution in [0.5, 0.6) is 0 Å². The molecule has 3 aromatic rings. The molecule has 0 unspecified atom stereocenters. The average molecular weight is 340 g/mol. The quantitative estimate of drug-likeness (QED) is 0.730. The van der Waals surface area contributed by atoms with Crippen LogP contribution in [0.3, 0.4) is 0 Å². The summed E-state index contributed by atoms with van der Waals surface area (Å²) in [6.07, 6.45) is 4.37. The number of rotatable bonds is 3. The molecule has 4 rings (SSSR count). The summed E-state index contributed by atoms with van der Waals surface area (Å²) >= 11 is 0. The molecule has 3 nitrogen and oxygen atoms in total. The number of hydrogen-bond acceptors (Lipinski definition) is 2. The number of halogens is 1. The van der Waals surface area contributed by atoms with E-state index in [-0.39, 0.29) is 12.4 Å². The zero-order chi connectivity index (χ0) is 15.5. The molecule has 0 bridgehead atoms. The van der Waals surface area contributed by atoms with Gasteiger partial charge in [0, 0.05) is 17.7 Å². The molecular weight excluding hydrogens is 318 g/mol. The lowest BCUT2D eigenvalue weighted by Crippen LogP contribution is -2.27. The highest BCUT2D eigenvalue weighted by atomic mass is 35.5. The van der Waals surface area contributed by atoms with Gasteiger partial charge < -0.3 is 10.3 Å². The van der Waals surface area contributed by atoms with Gasteiger partial charge in [-0.05, 0) is 37.1 Å². The van der Waals surface area contributed by atoms with Crippen LogP contribution in [0.4, 0.5) is 0 Å². The van der Waals surface area contributed by atoms with Crippen molar-refractivity contribution in [3.63, 3.8) is 0 Å². The van der Waals surface area contributed by atoms with Crippen LogP contribution < -0.4 is 5.32 Å². The zero-order valence-corrected chi connectivity index (χ0v) is 14.4. The molecule has 1 fully saturated rings. The summed E-state index contributed by atoms with van der Waals surface area (Å²) in [4.78, 5) is 8.20. The van der Waals surface area contributed by atoms with Crippen LogP contribution in [0.1, 0.15) is 24.6 Å². The van der Waals surface area contributed by atoms with E-state index in [0.29, 0.717) is 5.92 Å². The molecule has 0 atom stereocenters. The molecule has 24 heavy (non-hydrogen) atoms. The molecule has 0 saturated carbocycles. The third-order valence-electron chi connectivity index (χ3n) is 4.61. The number of nitrogens with zero attached hydrogens (tertiary/aromatic N) is 1. The van der Waals surface area contributed by atoms with Crippen LogP contribution >= 0.6 is 12.4 Å². The van der Waals surface area contributed by atoms with Crippen LogP contribution in [-0.4, -0.2) is 23.1 Å². The van der Waals surface area contributed by atoms with Gasteiger partial charge in [-0.2, -0.15) is 0 Å². The van der Waals surface area contributed by atoms with Crippen molar-refractivity contribution >= 4 is 12.4 Å². The predicted molar refractivity (Wildman–Crippen MR) is 102 cm³/mol. The van der Waals surface area contributed by atoms with Crippen molar-refractivity contribution in [2.45, 2.75) is 18.8 Å². The van der Waals surface area contributed by atoms with Gasteiger partial charge in [0.2, 0.25) is 0 Å². The lowest BCUT2D eigenvalue weighted by Gasteiger charge is -2.20. The van der Waals surface area contributed by atoms with E-state index in [4.69, 9.17) is 4.98 Å². The summed E-state index contributed by atoms with van der Waals surface area (Å²) in [7, 11) is 0. The second-order valence-electron chi connectivity index (χ2n) is 6.14. The Morgan fingerprint density at radius 3 is 2.12 bits per heavy atom. The fraction of sp³-hybridized carbons (Fsp3) is 0.250. The number of aromatic amines is 1. The van der Waals surface area contributed by atoms with Crippen molar-refractivity contribution in [3.8, 4) is 22.4 Å². The van der Waals surface area contributed by atoms with E-state index in [9.17, 15) is 0 Å². The first-order valence-electron chi connectivity index (χ1n) is 8.32. The molecule has 2 heterocycles. The molecule has 1 aromatic heterocycles. The first-order chi connectivity index (χ1) is 11.4. The van der Waals surface area contributed by atoms with E-state index in [1.165, 1.54) is 29.5 Å². The van der Waals surface area contributed by atoms with Crippen molar-refractivity contribution in [2.75, 3.05) is 13.1 Å². The molecule has 0 spiro atoms. The number of benzene rings is 2. The molecule has 2 N–H and O–H groups in total. The Morgan fingerprint density at radius 1 is 0.792 bits per heavy atom. The van der Waals surface area contributed by atoms with E-state index in [1.807, 2.05) is 12.3 Å². The third kappa shape index (κ3) is 3.53. The number of aromatic nitrogens is 2. The fourth-order valence-corrected chi connectivity index (χ4v) is 3.25. The molecule has 1 aliphatic rings. The Morgan fingerprint density at radius 2 is 1.42 bits per heavy atom. The molecule has 0 aliphatic carbocycles. The third-order valence-corrected chi connectivity index (χ3v) is 4.61. The fourth-order valence-electron chi connectivity index (χ4n) is 3.25. The van der Waals surface area contributed by atoms with Crippen molar-refractivity contribution < 1.29 is 0 Å². The topological polar surface area (TPSA) is 40.7 Å². The minimum Gasteiger partial charge on any atom is -0.348 e. The molecule has 0 radical (unpaired) electrons. The summed E-state index contributed by atoms with van der Waals surface area (Å²) in [6, 6.07) is 19.1. The Labute approximate surface area is 148 Å². The molecule has 1 aliphatic heterocycles. The number of H-pyrrole nitrogens is 1. The van der Waals surface area contributed by atoms with Gasteiger partial charge in [0.05, 0.1) is 5.69 Å². The molecule has 2 aromatic carbocycles. The maximum Gasteiger partial charge on any atom is 0.110 e. The highest BCUT2D eigenvalue weighted by Gasteiger charge is 2.18. The lowest BCUT2D eigenvalue weighted by atomic mass is 9.97. The Bertz CT molecular complexity index is 759. The van der Waals surface area contributed by atoms with Crippen LogP contribution in [0.15, 0.2) is 60.8 Å². The van der Waals surface area contributed by atoms with E-state index in [1.54, 1.807) is 0 Å². The van der Waals surface area contributed by atoms with E-state index in [2.05, 4.69) is 58.8 Å². The molecule has 1 saturated heterocycles. The minimum atomic E-state index is 0. The highest BCUT2D eigenvalue weighted by Crippen LogP contribution is 2.27. The summed E-state index contributed by atoms with van der Waals surface area (Å²) in [6.45, 7) is 2.18. The van der Waals surface area contributed by atoms with Crippen LogP contribution in [0, 0.1) is 0 Å². The SMILES string of the molecule is Cl.c1ccc(-c2ccc(-c3c[nH]c(C4CCNCC4)n3)cc2)cc1. The van der Waals surface area contributed by atoms with Gasteiger partial charge in [0.15, 0.2) is 0 Å². The lowest BCUT2D eigenvalue weighted by molar-refractivity contribution is 0.447. The van der Waals surface area contributed by atoms with E-state index in [0.717, 1.165) is 24.6 Å². The Kier molecular flexibility index (Phi) is 5.34. The minimum absolute atomic E-state index is 0. The van der Waals surface area contributed by atoms with Gasteiger partial charge in [0.1, 0.15) is 5.82 Å². The number of hydrogen-bond donors (Lipinski definition) is 2. The van der Waals surface area contributed by atoms with Gasteiger partial charge in [-0.1, -0.05) is 54.6 Å². The van der Waals surface area contributed by atoms with Crippen molar-refractivity contribution in [2.24, 2.45) is 0 Å². The van der Waals surface area contributed by atoms with Crippen LogP contribution in [0.2, 0.25) is 0 Å². The van der Waals surface area contributed by atoms with Gasteiger partial charge in [0.25, 0.3) is 0 Å². The average Bonchev–Trinajstić information content (AvgIpc) is 3.14. The zero-order valence-electron chi connectivity index (χ0n) is 13.5. The molecule has 4 heteroatoms. The summed E-state index contributed by atoms with van der Waals surface area (Å²) in [5, 5.41) is 3.40. The molecule has 0 amide bonds. The second kappa shape index (κ2) is 7.65. The second-order valence-corrected chi connectivity index (χ2v) is 6.14. The van der Waals surface area contributed by atoms with Crippen molar-refractivity contribution in [3.05, 3.63) is 66.6 Å². The highest BCUT2D eigenvalue weighted by molar-refractivity contribution is 5.85. The van der Waals surface area contributed by atoms with Crippen molar-refractivity contribution in [1.82, 2.24) is 15.3 Å². The van der Waals surface area contributed by atoms with Gasteiger partial charge in [-0.25, -0.2) is 4.98 Å². The first-order valence-corrected chi connectivity index (χ1v) is 8.32. The standard InChI is InChI=1S/C20H21N3.ClH/c1-2-4-15(5-3-1)16-6-8-17(9-7-16)19-14-22-20(23-19)18-10-12-21-13-11-18;/h1-9,14,18,21H,10-13H2,(H,22,23);1H. The smallest absolute Gasteiger partial charge is 0.110 e. The van der Waals surface area contributed by atoms with Crippen LogP contribution in [-0.2, 0) is 0 Å². The first kappa shape index (κ1) is 16.7. The Balaban J connectivity index is 0.00000169. The van der Waals surface area contributed by atoms with Gasteiger partial charge >= 0.3 is 0 Å². The largest absolute Gasteiger partial charge is 0.348 e. The normalized spacial score (nSPS) is 15.0.